The Labute approximate surface area is 194 Å². The van der Waals surface area contributed by atoms with E-state index in [1.807, 2.05) is 30.3 Å². The molecule has 0 spiro atoms. The lowest BCUT2D eigenvalue weighted by atomic mass is 10.0. The van der Waals surface area contributed by atoms with E-state index < -0.39 is 4.92 Å². The molecule has 4 aromatic rings. The van der Waals surface area contributed by atoms with Crippen LogP contribution in [0.5, 0.6) is 0 Å². The highest BCUT2D eigenvalue weighted by Crippen LogP contribution is 2.27. The number of rotatable bonds is 7. The Balaban J connectivity index is 1.76. The molecule has 0 aliphatic heterocycles. The number of aromatic nitrogens is 2. The molecule has 0 amide bonds. The highest BCUT2D eigenvalue weighted by molar-refractivity contribution is 7.99. The zero-order valence-corrected chi connectivity index (χ0v) is 18.9. The minimum Gasteiger partial charge on any atom is -0.293 e. The van der Waals surface area contributed by atoms with Crippen molar-refractivity contribution < 1.29 is 9.72 Å². The first-order valence-corrected chi connectivity index (χ1v) is 11.4. The number of hydrogen-bond acceptors (Lipinski definition) is 6. The van der Waals surface area contributed by atoms with Crippen LogP contribution >= 0.6 is 11.8 Å². The summed E-state index contributed by atoms with van der Waals surface area (Å²) in [5, 5.41) is 11.8. The second kappa shape index (κ2) is 9.38. The number of fused-ring (bicyclic) bond motifs is 1. The Morgan fingerprint density at radius 3 is 2.39 bits per heavy atom. The third-order valence-corrected chi connectivity index (χ3v) is 6.22. The second-order valence-electron chi connectivity index (χ2n) is 7.78. The first kappa shape index (κ1) is 22.4. The van der Waals surface area contributed by atoms with E-state index in [1.165, 1.54) is 36.0 Å². The SMILES string of the molecule is CC(C)c1ccccc1-n1c(SCC(=O)c2ccc([N+](=O)[O-])cc2)nc2ccccc2c1=O. The Hall–Kier alpha value is -3.78. The van der Waals surface area contributed by atoms with Crippen molar-refractivity contribution in [3.05, 3.63) is 104 Å². The van der Waals surface area contributed by atoms with Crippen molar-refractivity contribution in [2.45, 2.75) is 24.9 Å². The van der Waals surface area contributed by atoms with Crippen molar-refractivity contribution in [2.75, 3.05) is 5.75 Å². The first-order chi connectivity index (χ1) is 15.9. The summed E-state index contributed by atoms with van der Waals surface area (Å²) < 4.78 is 1.57. The number of non-ortho nitro benzene ring substituents is 1. The van der Waals surface area contributed by atoms with Crippen LogP contribution in [0.3, 0.4) is 0 Å². The molecular weight excluding hydrogens is 438 g/mol. The molecule has 166 valence electrons. The van der Waals surface area contributed by atoms with Gasteiger partial charge in [0.1, 0.15) is 0 Å². The third-order valence-electron chi connectivity index (χ3n) is 5.28. The van der Waals surface area contributed by atoms with E-state index in [2.05, 4.69) is 13.8 Å². The molecule has 33 heavy (non-hydrogen) atoms. The lowest BCUT2D eigenvalue weighted by molar-refractivity contribution is -0.384. The zero-order chi connectivity index (χ0) is 23.5. The molecular formula is C25H21N3O4S. The average molecular weight is 460 g/mol. The largest absolute Gasteiger partial charge is 0.293 e. The van der Waals surface area contributed by atoms with Gasteiger partial charge in [-0.15, -0.1) is 0 Å². The molecule has 0 atom stereocenters. The number of Topliss-reactive ketones (excluding diaryl/α,β-unsaturated/α-hetero) is 1. The Morgan fingerprint density at radius 2 is 1.70 bits per heavy atom. The molecule has 0 aliphatic carbocycles. The van der Waals surface area contributed by atoms with Crippen molar-refractivity contribution in [3.63, 3.8) is 0 Å². The number of carbonyl (C=O) groups is 1. The lowest BCUT2D eigenvalue weighted by Crippen LogP contribution is -2.23. The predicted molar refractivity (Wildman–Crippen MR) is 130 cm³/mol. The molecule has 1 aromatic heterocycles. The number of ketones is 1. The van der Waals surface area contributed by atoms with Crippen LogP contribution in [0.1, 0.15) is 35.7 Å². The van der Waals surface area contributed by atoms with Gasteiger partial charge in [0.2, 0.25) is 0 Å². The molecule has 7 nitrogen and oxygen atoms in total. The summed E-state index contributed by atoms with van der Waals surface area (Å²) in [5.41, 5.74) is 2.39. The number of carbonyl (C=O) groups excluding carboxylic acids is 1. The standard InChI is InChI=1S/C25H21N3O4S/c1-16(2)19-7-4-6-10-22(19)27-24(30)20-8-3-5-9-21(20)26-25(27)33-15-23(29)17-11-13-18(14-12-17)28(31)32/h3-14,16H,15H2,1-2H3. The van der Waals surface area contributed by atoms with Crippen LogP contribution in [0, 0.1) is 10.1 Å². The molecule has 0 aliphatic rings. The van der Waals surface area contributed by atoms with Gasteiger partial charge in [-0.3, -0.25) is 24.3 Å². The summed E-state index contributed by atoms with van der Waals surface area (Å²) >= 11 is 1.17. The van der Waals surface area contributed by atoms with Crippen molar-refractivity contribution in [1.29, 1.82) is 0 Å². The quantitative estimate of drug-likeness (QED) is 0.121. The fourth-order valence-corrected chi connectivity index (χ4v) is 4.48. The molecule has 0 saturated heterocycles. The van der Waals surface area contributed by atoms with Crippen LogP contribution in [-0.2, 0) is 0 Å². The van der Waals surface area contributed by atoms with E-state index in [1.54, 1.807) is 22.8 Å². The van der Waals surface area contributed by atoms with E-state index >= 15 is 0 Å². The molecule has 3 aromatic carbocycles. The maximum absolute atomic E-state index is 13.5. The number of benzene rings is 3. The van der Waals surface area contributed by atoms with E-state index in [-0.39, 0.29) is 28.7 Å². The monoisotopic (exact) mass is 459 g/mol. The molecule has 0 bridgehead atoms. The summed E-state index contributed by atoms with van der Waals surface area (Å²) in [5.74, 6) is 0.00654. The zero-order valence-electron chi connectivity index (χ0n) is 18.1. The van der Waals surface area contributed by atoms with Gasteiger partial charge < -0.3 is 0 Å². The minimum absolute atomic E-state index is 0.0342. The van der Waals surface area contributed by atoms with Crippen molar-refractivity contribution >= 4 is 34.1 Å². The van der Waals surface area contributed by atoms with E-state index in [9.17, 15) is 19.7 Å². The van der Waals surface area contributed by atoms with Gasteiger partial charge in [0.05, 0.1) is 27.3 Å². The maximum atomic E-state index is 13.5. The van der Waals surface area contributed by atoms with Gasteiger partial charge >= 0.3 is 0 Å². The highest BCUT2D eigenvalue weighted by atomic mass is 32.2. The minimum atomic E-state index is -0.507. The van der Waals surface area contributed by atoms with Gasteiger partial charge in [-0.05, 0) is 41.8 Å². The van der Waals surface area contributed by atoms with Crippen LogP contribution < -0.4 is 5.56 Å². The molecule has 0 fully saturated rings. The summed E-state index contributed by atoms with van der Waals surface area (Å²) in [4.78, 5) is 41.3. The first-order valence-electron chi connectivity index (χ1n) is 10.4. The summed E-state index contributed by atoms with van der Waals surface area (Å²) in [6.45, 7) is 4.12. The Bertz CT molecular complexity index is 1410. The fraction of sp³-hybridized carbons (Fsp3) is 0.160. The molecule has 0 N–H and O–H groups in total. The van der Waals surface area contributed by atoms with Crippen molar-refractivity contribution in [2.24, 2.45) is 0 Å². The number of para-hydroxylation sites is 2. The van der Waals surface area contributed by atoms with Crippen molar-refractivity contribution in [3.8, 4) is 5.69 Å². The molecule has 4 rings (SSSR count). The fourth-order valence-electron chi connectivity index (χ4n) is 3.58. The van der Waals surface area contributed by atoms with Crippen LogP contribution in [0.4, 0.5) is 5.69 Å². The number of thioether (sulfide) groups is 1. The number of nitro benzene ring substituents is 1. The maximum Gasteiger partial charge on any atom is 0.269 e. The van der Waals surface area contributed by atoms with Crippen LogP contribution in [0.15, 0.2) is 82.7 Å². The number of nitro groups is 1. The van der Waals surface area contributed by atoms with Gasteiger partial charge in [0.15, 0.2) is 10.9 Å². The van der Waals surface area contributed by atoms with Gasteiger partial charge in [-0.2, -0.15) is 0 Å². The summed E-state index contributed by atoms with van der Waals surface area (Å²) in [7, 11) is 0. The van der Waals surface area contributed by atoms with Gasteiger partial charge in [-0.25, -0.2) is 4.98 Å². The highest BCUT2D eigenvalue weighted by Gasteiger charge is 2.18. The number of nitrogens with zero attached hydrogens (tertiary/aromatic N) is 3. The van der Waals surface area contributed by atoms with Crippen LogP contribution in [0.25, 0.3) is 16.6 Å². The molecule has 1 heterocycles. The predicted octanol–water partition coefficient (Wildman–Crippen LogP) is 5.39. The normalized spacial score (nSPS) is 11.1. The molecule has 0 saturated carbocycles. The molecule has 8 heteroatoms. The topological polar surface area (TPSA) is 95.1 Å². The Kier molecular flexibility index (Phi) is 6.37. The summed E-state index contributed by atoms with van der Waals surface area (Å²) in [6, 6.07) is 20.3. The average Bonchev–Trinajstić information content (AvgIpc) is 2.82. The molecule has 0 unspecified atom stereocenters. The smallest absolute Gasteiger partial charge is 0.269 e. The van der Waals surface area contributed by atoms with Gasteiger partial charge in [0, 0.05) is 17.7 Å². The summed E-state index contributed by atoms with van der Waals surface area (Å²) in [6.07, 6.45) is 0. The van der Waals surface area contributed by atoms with Gasteiger partial charge in [0.25, 0.3) is 11.2 Å². The van der Waals surface area contributed by atoms with E-state index in [0.717, 1.165) is 11.3 Å². The third kappa shape index (κ3) is 4.56. The van der Waals surface area contributed by atoms with E-state index in [0.29, 0.717) is 21.6 Å². The number of hydrogen-bond donors (Lipinski definition) is 0. The lowest BCUT2D eigenvalue weighted by Gasteiger charge is -2.18. The van der Waals surface area contributed by atoms with Crippen LogP contribution in [-0.4, -0.2) is 26.0 Å². The molecule has 0 radical (unpaired) electrons. The van der Waals surface area contributed by atoms with E-state index in [4.69, 9.17) is 4.98 Å². The van der Waals surface area contributed by atoms with Gasteiger partial charge in [-0.1, -0.05) is 55.9 Å². The van der Waals surface area contributed by atoms with Crippen LogP contribution in [0.2, 0.25) is 0 Å². The second-order valence-corrected chi connectivity index (χ2v) is 8.72. The Morgan fingerprint density at radius 1 is 1.03 bits per heavy atom. The van der Waals surface area contributed by atoms with Crippen molar-refractivity contribution in [1.82, 2.24) is 9.55 Å².